The van der Waals surface area contributed by atoms with Crippen molar-refractivity contribution in [2.75, 3.05) is 39.1 Å². The molecule has 0 radical (unpaired) electrons. The molecule has 1 fully saturated rings. The van der Waals surface area contributed by atoms with Crippen LogP contribution in [0.4, 0.5) is 23.7 Å². The van der Waals surface area contributed by atoms with Gasteiger partial charge in [0.2, 0.25) is 0 Å². The molecule has 0 aliphatic carbocycles. The van der Waals surface area contributed by atoms with E-state index in [4.69, 9.17) is 0 Å². The summed E-state index contributed by atoms with van der Waals surface area (Å²) in [4.78, 5) is 20.5. The van der Waals surface area contributed by atoms with Crippen molar-refractivity contribution in [3.63, 3.8) is 0 Å². The Bertz CT molecular complexity index is 562. The van der Waals surface area contributed by atoms with Crippen LogP contribution in [-0.2, 0) is 6.18 Å². The third-order valence-electron chi connectivity index (χ3n) is 4.03. The van der Waals surface area contributed by atoms with Crippen LogP contribution in [-0.4, -0.2) is 61.1 Å². The lowest BCUT2D eigenvalue weighted by atomic mass is 10.0. The molecule has 0 saturated carbocycles. The summed E-state index contributed by atoms with van der Waals surface area (Å²) in [5.41, 5.74) is -0.405. The maximum absolute atomic E-state index is 12.8. The molecule has 5 nitrogen and oxygen atoms in total. The second-order valence-electron chi connectivity index (χ2n) is 5.93. The Labute approximate surface area is 133 Å². The highest BCUT2D eigenvalue weighted by molar-refractivity contribution is 5.74. The zero-order valence-corrected chi connectivity index (χ0v) is 13.5. The first-order chi connectivity index (χ1) is 10.7. The number of hydrogen-bond acceptors (Lipinski definition) is 3. The van der Waals surface area contributed by atoms with E-state index >= 15 is 0 Å². The van der Waals surface area contributed by atoms with Crippen LogP contribution in [0, 0.1) is 0 Å². The highest BCUT2D eigenvalue weighted by atomic mass is 19.4. The minimum absolute atomic E-state index is 0.0267. The molecule has 8 heteroatoms. The Morgan fingerprint density at radius 3 is 2.65 bits per heavy atom. The number of hydrogen-bond donors (Lipinski definition) is 0. The van der Waals surface area contributed by atoms with E-state index in [0.717, 1.165) is 18.9 Å². The van der Waals surface area contributed by atoms with Gasteiger partial charge in [-0.2, -0.15) is 13.2 Å². The predicted molar refractivity (Wildman–Crippen MR) is 81.3 cm³/mol. The molecule has 0 bridgehead atoms. The minimum atomic E-state index is -4.46. The molecule has 1 aromatic rings. The third kappa shape index (κ3) is 4.05. The summed E-state index contributed by atoms with van der Waals surface area (Å²) in [5, 5.41) is 0. The molecule has 0 spiro atoms. The summed E-state index contributed by atoms with van der Waals surface area (Å²) in [5.74, 6) is 0. The molecule has 2 heterocycles. The molecule has 1 aliphatic rings. The van der Waals surface area contributed by atoms with E-state index in [1.807, 2.05) is 4.90 Å². The lowest BCUT2D eigenvalue weighted by molar-refractivity contribution is -0.141. The second-order valence-corrected chi connectivity index (χ2v) is 5.93. The number of pyridine rings is 1. The zero-order chi connectivity index (χ0) is 17.2. The van der Waals surface area contributed by atoms with Crippen LogP contribution in [0.25, 0.3) is 0 Å². The molecule has 1 unspecified atom stereocenters. The van der Waals surface area contributed by atoms with Crippen molar-refractivity contribution in [1.82, 2.24) is 14.8 Å². The standard InChI is InChI=1S/C15H21F3N4O/c1-20(2)14(23)21(3)12-5-4-8-22(10-12)11-6-7-19-13(9-11)15(16,17)18/h6-7,9,12H,4-5,8,10H2,1-3H3. The lowest BCUT2D eigenvalue weighted by Gasteiger charge is -2.39. The van der Waals surface area contributed by atoms with Crippen LogP contribution < -0.4 is 4.90 Å². The van der Waals surface area contributed by atoms with Gasteiger partial charge in [0.15, 0.2) is 0 Å². The molecule has 128 valence electrons. The number of carbonyl (C=O) groups excluding carboxylic acids is 1. The lowest BCUT2D eigenvalue weighted by Crippen LogP contribution is -2.51. The maximum Gasteiger partial charge on any atom is 0.433 e. The summed E-state index contributed by atoms with van der Waals surface area (Å²) in [6.45, 7) is 1.18. The maximum atomic E-state index is 12.8. The Kier molecular flexibility index (Phi) is 5.01. The first-order valence-electron chi connectivity index (χ1n) is 7.42. The second kappa shape index (κ2) is 6.64. The van der Waals surface area contributed by atoms with Crippen molar-refractivity contribution >= 4 is 11.7 Å². The highest BCUT2D eigenvalue weighted by Crippen LogP contribution is 2.31. The van der Waals surface area contributed by atoms with Gasteiger partial charge in [0, 0.05) is 46.1 Å². The van der Waals surface area contributed by atoms with Gasteiger partial charge in [-0.25, -0.2) is 4.79 Å². The van der Waals surface area contributed by atoms with Crippen molar-refractivity contribution in [3.05, 3.63) is 24.0 Å². The van der Waals surface area contributed by atoms with Crippen LogP contribution in [0.3, 0.4) is 0 Å². The average molecular weight is 330 g/mol. The Morgan fingerprint density at radius 2 is 2.04 bits per heavy atom. The Balaban J connectivity index is 2.14. The van der Waals surface area contributed by atoms with E-state index in [1.165, 1.54) is 11.1 Å². The number of nitrogens with zero attached hydrogens (tertiary/aromatic N) is 4. The number of urea groups is 1. The van der Waals surface area contributed by atoms with Gasteiger partial charge < -0.3 is 14.7 Å². The molecule has 2 rings (SSSR count). The monoisotopic (exact) mass is 330 g/mol. The Hall–Kier alpha value is -1.99. The smallest absolute Gasteiger partial charge is 0.369 e. The van der Waals surface area contributed by atoms with Crippen molar-refractivity contribution in [3.8, 4) is 0 Å². The number of alkyl halides is 3. The predicted octanol–water partition coefficient (Wildman–Crippen LogP) is 2.68. The number of piperidine rings is 1. The summed E-state index contributed by atoms with van der Waals surface area (Å²) in [6, 6.07) is 2.50. The van der Waals surface area contributed by atoms with Gasteiger partial charge in [-0.3, -0.25) is 4.98 Å². The topological polar surface area (TPSA) is 39.7 Å². The summed E-state index contributed by atoms with van der Waals surface area (Å²) in [7, 11) is 5.08. The largest absolute Gasteiger partial charge is 0.433 e. The van der Waals surface area contributed by atoms with E-state index < -0.39 is 11.9 Å². The molecule has 0 N–H and O–H groups in total. The summed E-state index contributed by atoms with van der Waals surface area (Å²) in [6.07, 6.45) is -1.62. The van der Waals surface area contributed by atoms with Crippen LogP contribution in [0.2, 0.25) is 0 Å². The molecule has 1 aliphatic heterocycles. The quantitative estimate of drug-likeness (QED) is 0.837. The van der Waals surface area contributed by atoms with Crippen LogP contribution in [0.15, 0.2) is 18.3 Å². The van der Waals surface area contributed by atoms with E-state index in [9.17, 15) is 18.0 Å². The number of aromatic nitrogens is 1. The number of rotatable bonds is 2. The number of carbonyl (C=O) groups is 1. The van der Waals surface area contributed by atoms with Gasteiger partial charge in [-0.15, -0.1) is 0 Å². The van der Waals surface area contributed by atoms with Gasteiger partial charge in [0.1, 0.15) is 5.69 Å². The summed E-state index contributed by atoms with van der Waals surface area (Å²) < 4.78 is 38.4. The Morgan fingerprint density at radius 1 is 1.35 bits per heavy atom. The average Bonchev–Trinajstić information content (AvgIpc) is 2.53. The van der Waals surface area contributed by atoms with E-state index in [1.54, 1.807) is 32.1 Å². The normalized spacial score (nSPS) is 18.7. The van der Waals surface area contributed by atoms with Gasteiger partial charge in [0.25, 0.3) is 0 Å². The van der Waals surface area contributed by atoms with Crippen molar-refractivity contribution < 1.29 is 18.0 Å². The van der Waals surface area contributed by atoms with E-state index in [0.29, 0.717) is 18.8 Å². The van der Waals surface area contributed by atoms with Crippen molar-refractivity contribution in [1.29, 1.82) is 0 Å². The van der Waals surface area contributed by atoms with Gasteiger partial charge >= 0.3 is 12.2 Å². The fourth-order valence-corrected chi connectivity index (χ4v) is 2.75. The number of amides is 2. The SMILES string of the molecule is CN(C)C(=O)N(C)C1CCCN(c2ccnc(C(F)(F)F)c2)C1. The zero-order valence-electron chi connectivity index (χ0n) is 13.5. The summed E-state index contributed by atoms with van der Waals surface area (Å²) >= 11 is 0. The number of likely N-dealkylation sites (N-methyl/N-ethyl adjacent to an activating group) is 1. The third-order valence-corrected chi connectivity index (χ3v) is 4.03. The molecular weight excluding hydrogens is 309 g/mol. The molecule has 23 heavy (non-hydrogen) atoms. The highest BCUT2D eigenvalue weighted by Gasteiger charge is 2.33. The van der Waals surface area contributed by atoms with Gasteiger partial charge in [-0.05, 0) is 25.0 Å². The van der Waals surface area contributed by atoms with E-state index in [2.05, 4.69) is 4.98 Å². The first-order valence-corrected chi connectivity index (χ1v) is 7.42. The molecule has 1 saturated heterocycles. The fraction of sp³-hybridized carbons (Fsp3) is 0.600. The van der Waals surface area contributed by atoms with Crippen molar-refractivity contribution in [2.45, 2.75) is 25.1 Å². The molecule has 2 amide bonds. The number of anilines is 1. The molecule has 0 aromatic carbocycles. The van der Waals surface area contributed by atoms with Crippen molar-refractivity contribution in [2.24, 2.45) is 0 Å². The molecule has 1 aromatic heterocycles. The number of halogens is 3. The molecule has 1 atom stereocenters. The van der Waals surface area contributed by atoms with Gasteiger partial charge in [0.05, 0.1) is 6.04 Å². The van der Waals surface area contributed by atoms with Crippen LogP contribution >= 0.6 is 0 Å². The van der Waals surface area contributed by atoms with Crippen LogP contribution in [0.5, 0.6) is 0 Å². The van der Waals surface area contributed by atoms with E-state index in [-0.39, 0.29) is 12.1 Å². The fourth-order valence-electron chi connectivity index (χ4n) is 2.75. The van der Waals surface area contributed by atoms with Crippen LogP contribution in [0.1, 0.15) is 18.5 Å². The molecular formula is C15H21F3N4O. The van der Waals surface area contributed by atoms with Gasteiger partial charge in [-0.1, -0.05) is 0 Å². The first kappa shape index (κ1) is 17.4. The minimum Gasteiger partial charge on any atom is -0.369 e.